The molecule has 0 bridgehead atoms. The number of rotatable bonds is 7. The van der Waals surface area contributed by atoms with Crippen LogP contribution in [0.15, 0.2) is 0 Å². The molecule has 0 saturated heterocycles. The van der Waals surface area contributed by atoms with Crippen LogP contribution in [0.25, 0.3) is 0 Å². The molecule has 2 atom stereocenters. The summed E-state index contributed by atoms with van der Waals surface area (Å²) in [6.45, 7) is 8.87. The van der Waals surface area contributed by atoms with Gasteiger partial charge in [-0.25, -0.2) is 0 Å². The van der Waals surface area contributed by atoms with Gasteiger partial charge in [0.1, 0.15) is 0 Å². The van der Waals surface area contributed by atoms with Crippen molar-refractivity contribution >= 4 is 12.4 Å². The van der Waals surface area contributed by atoms with Crippen LogP contribution < -0.4 is 10.9 Å². The van der Waals surface area contributed by atoms with Gasteiger partial charge in [0.25, 0.3) is 0 Å². The minimum absolute atomic E-state index is 0. The summed E-state index contributed by atoms with van der Waals surface area (Å²) in [4.78, 5) is 0. The quantitative estimate of drug-likeness (QED) is 0.629. The Kier molecular flexibility index (Phi) is 12.4. The van der Waals surface area contributed by atoms with Crippen molar-refractivity contribution in [3.63, 3.8) is 0 Å². The van der Waals surface area contributed by atoms with Crippen LogP contribution in [0.4, 0.5) is 0 Å². The molecule has 0 aromatic heterocycles. The predicted octanol–water partition coefficient (Wildman–Crippen LogP) is 2.88. The highest BCUT2D eigenvalue weighted by molar-refractivity contribution is 5.85. The maximum atomic E-state index is 3.32. The van der Waals surface area contributed by atoms with E-state index < -0.39 is 0 Å². The van der Waals surface area contributed by atoms with Gasteiger partial charge in [-0.2, -0.15) is 0 Å². The SMILES string of the molecule is CCCC(C)NNC(C)CCC.Cl. The number of hydrogen-bond donors (Lipinski definition) is 2. The Morgan fingerprint density at radius 3 is 1.38 bits per heavy atom. The van der Waals surface area contributed by atoms with Gasteiger partial charge in [0.2, 0.25) is 0 Å². The summed E-state index contributed by atoms with van der Waals surface area (Å²) in [6, 6.07) is 1.18. The molecule has 0 aromatic carbocycles. The molecule has 0 aromatic rings. The summed E-state index contributed by atoms with van der Waals surface area (Å²) >= 11 is 0. The normalized spacial score (nSPS) is 14.8. The number of hydrogen-bond acceptors (Lipinski definition) is 2. The molecule has 3 heteroatoms. The average molecular weight is 209 g/mol. The topological polar surface area (TPSA) is 24.1 Å². The van der Waals surface area contributed by atoms with Crippen LogP contribution in [0.3, 0.4) is 0 Å². The van der Waals surface area contributed by atoms with Gasteiger partial charge < -0.3 is 0 Å². The van der Waals surface area contributed by atoms with Crippen LogP contribution in [0, 0.1) is 0 Å². The highest BCUT2D eigenvalue weighted by Crippen LogP contribution is 1.96. The van der Waals surface area contributed by atoms with Crippen LogP contribution in [-0.4, -0.2) is 12.1 Å². The third-order valence-corrected chi connectivity index (χ3v) is 2.02. The summed E-state index contributed by atoms with van der Waals surface area (Å²) in [5, 5.41) is 0. The maximum Gasteiger partial charge on any atom is 0.0184 e. The highest BCUT2D eigenvalue weighted by Gasteiger charge is 2.01. The van der Waals surface area contributed by atoms with Gasteiger partial charge in [-0.1, -0.05) is 26.7 Å². The molecule has 0 aliphatic rings. The fraction of sp³-hybridized carbons (Fsp3) is 1.00. The van der Waals surface area contributed by atoms with Gasteiger partial charge in [-0.3, -0.25) is 10.9 Å². The Morgan fingerprint density at radius 1 is 0.846 bits per heavy atom. The second kappa shape index (κ2) is 10.3. The summed E-state index contributed by atoms with van der Waals surface area (Å²) < 4.78 is 0. The minimum Gasteiger partial charge on any atom is -0.255 e. The van der Waals surface area contributed by atoms with Crippen molar-refractivity contribution in [2.45, 2.75) is 65.5 Å². The molecule has 0 spiro atoms. The van der Waals surface area contributed by atoms with Crippen molar-refractivity contribution in [3.8, 4) is 0 Å². The molecule has 0 amide bonds. The molecular formula is C10H25ClN2. The third kappa shape index (κ3) is 10.1. The van der Waals surface area contributed by atoms with Crippen LogP contribution in [-0.2, 0) is 0 Å². The average Bonchev–Trinajstić information content (AvgIpc) is 2.02. The van der Waals surface area contributed by atoms with E-state index in [-0.39, 0.29) is 12.4 Å². The van der Waals surface area contributed by atoms with Gasteiger partial charge in [-0.05, 0) is 26.7 Å². The van der Waals surface area contributed by atoms with Gasteiger partial charge in [0.15, 0.2) is 0 Å². The molecule has 0 saturated carbocycles. The maximum absolute atomic E-state index is 3.32. The molecule has 2 unspecified atom stereocenters. The summed E-state index contributed by atoms with van der Waals surface area (Å²) in [5.74, 6) is 0. The molecule has 0 fully saturated rings. The van der Waals surface area contributed by atoms with Crippen molar-refractivity contribution in [3.05, 3.63) is 0 Å². The molecule has 0 aliphatic carbocycles. The molecule has 2 nitrogen and oxygen atoms in total. The van der Waals surface area contributed by atoms with E-state index in [9.17, 15) is 0 Å². The molecule has 0 aliphatic heterocycles. The largest absolute Gasteiger partial charge is 0.255 e. The van der Waals surface area contributed by atoms with E-state index in [0.29, 0.717) is 12.1 Å². The van der Waals surface area contributed by atoms with Crippen LogP contribution in [0.1, 0.15) is 53.4 Å². The summed E-state index contributed by atoms with van der Waals surface area (Å²) in [6.07, 6.45) is 4.98. The van der Waals surface area contributed by atoms with E-state index in [1.165, 1.54) is 25.7 Å². The van der Waals surface area contributed by atoms with E-state index in [1.54, 1.807) is 0 Å². The second-order valence-electron chi connectivity index (χ2n) is 3.67. The molecule has 0 rings (SSSR count). The van der Waals surface area contributed by atoms with Crippen LogP contribution >= 0.6 is 12.4 Å². The minimum atomic E-state index is 0. The molecule has 82 valence electrons. The Bertz CT molecular complexity index is 86.9. The van der Waals surface area contributed by atoms with E-state index in [4.69, 9.17) is 0 Å². The third-order valence-electron chi connectivity index (χ3n) is 2.02. The first-order valence-electron chi connectivity index (χ1n) is 5.21. The molecule has 0 heterocycles. The number of halogens is 1. The smallest absolute Gasteiger partial charge is 0.0184 e. The second-order valence-corrected chi connectivity index (χ2v) is 3.67. The van der Waals surface area contributed by atoms with E-state index >= 15 is 0 Å². The monoisotopic (exact) mass is 208 g/mol. The Hall–Kier alpha value is 0.210. The van der Waals surface area contributed by atoms with Gasteiger partial charge in [0, 0.05) is 12.1 Å². The van der Waals surface area contributed by atoms with E-state index in [2.05, 4.69) is 38.5 Å². The summed E-state index contributed by atoms with van der Waals surface area (Å²) in [7, 11) is 0. The first kappa shape index (κ1) is 15.7. The molecule has 0 radical (unpaired) electrons. The fourth-order valence-corrected chi connectivity index (χ4v) is 1.29. The zero-order valence-electron chi connectivity index (χ0n) is 9.39. The molecule has 13 heavy (non-hydrogen) atoms. The Morgan fingerprint density at radius 2 is 1.15 bits per heavy atom. The van der Waals surface area contributed by atoms with Crippen molar-refractivity contribution < 1.29 is 0 Å². The van der Waals surface area contributed by atoms with E-state index in [0.717, 1.165) is 0 Å². The first-order chi connectivity index (χ1) is 5.70. The lowest BCUT2D eigenvalue weighted by atomic mass is 10.2. The van der Waals surface area contributed by atoms with Crippen molar-refractivity contribution in [2.24, 2.45) is 0 Å². The summed E-state index contributed by atoms with van der Waals surface area (Å²) in [5.41, 5.74) is 6.64. The Balaban J connectivity index is 0. The van der Waals surface area contributed by atoms with Gasteiger partial charge in [-0.15, -0.1) is 12.4 Å². The zero-order chi connectivity index (χ0) is 9.40. The fourth-order valence-electron chi connectivity index (χ4n) is 1.29. The lowest BCUT2D eigenvalue weighted by Crippen LogP contribution is -2.44. The molecule has 2 N–H and O–H groups in total. The number of nitrogens with one attached hydrogen (secondary N) is 2. The number of hydrazine groups is 1. The van der Waals surface area contributed by atoms with Crippen LogP contribution in [0.5, 0.6) is 0 Å². The molecular weight excluding hydrogens is 184 g/mol. The Labute approximate surface area is 89.2 Å². The highest BCUT2D eigenvalue weighted by atomic mass is 35.5. The standard InChI is InChI=1S/C10H24N2.ClH/c1-5-7-9(3)11-12-10(4)8-6-2;/h9-12H,5-8H2,1-4H3;1H. The lowest BCUT2D eigenvalue weighted by molar-refractivity contribution is 0.369. The van der Waals surface area contributed by atoms with Gasteiger partial charge >= 0.3 is 0 Å². The van der Waals surface area contributed by atoms with E-state index in [1.807, 2.05) is 0 Å². The van der Waals surface area contributed by atoms with Gasteiger partial charge in [0.05, 0.1) is 0 Å². The first-order valence-corrected chi connectivity index (χ1v) is 5.21. The van der Waals surface area contributed by atoms with Crippen molar-refractivity contribution in [2.75, 3.05) is 0 Å². The predicted molar refractivity (Wildman–Crippen MR) is 62.3 cm³/mol. The lowest BCUT2D eigenvalue weighted by Gasteiger charge is -2.18. The van der Waals surface area contributed by atoms with Crippen molar-refractivity contribution in [1.29, 1.82) is 0 Å². The van der Waals surface area contributed by atoms with Crippen LogP contribution in [0.2, 0.25) is 0 Å². The zero-order valence-corrected chi connectivity index (χ0v) is 10.2. The van der Waals surface area contributed by atoms with Crippen molar-refractivity contribution in [1.82, 2.24) is 10.9 Å².